The molecule has 2 aromatic rings. The Labute approximate surface area is 193 Å². The van der Waals surface area contributed by atoms with Crippen molar-refractivity contribution in [2.24, 2.45) is 0 Å². The van der Waals surface area contributed by atoms with E-state index in [2.05, 4.69) is 17.2 Å². The molecule has 8 heteroatoms. The molecule has 1 N–H and O–H groups in total. The van der Waals surface area contributed by atoms with Gasteiger partial charge in [-0.3, -0.25) is 18.9 Å². The smallest absolute Gasteiger partial charge is 0.267 e. The van der Waals surface area contributed by atoms with E-state index in [0.717, 1.165) is 18.4 Å². The van der Waals surface area contributed by atoms with Crippen molar-refractivity contribution in [3.05, 3.63) is 44.7 Å². The minimum atomic E-state index is -0.203. The van der Waals surface area contributed by atoms with Crippen molar-refractivity contribution in [2.45, 2.75) is 59.3 Å². The van der Waals surface area contributed by atoms with Gasteiger partial charge in [0.1, 0.15) is 15.8 Å². The van der Waals surface area contributed by atoms with Crippen LogP contribution in [-0.2, 0) is 4.79 Å². The first kappa shape index (κ1) is 23.5. The summed E-state index contributed by atoms with van der Waals surface area (Å²) >= 11 is 6.71. The number of hydrogen-bond donors (Lipinski definition) is 1. The second-order valence-corrected chi connectivity index (χ2v) is 9.42. The number of amides is 1. The van der Waals surface area contributed by atoms with Gasteiger partial charge in [0.15, 0.2) is 0 Å². The van der Waals surface area contributed by atoms with E-state index in [9.17, 15) is 9.59 Å². The van der Waals surface area contributed by atoms with E-state index in [0.29, 0.717) is 39.3 Å². The van der Waals surface area contributed by atoms with Crippen molar-refractivity contribution in [2.75, 3.05) is 18.4 Å². The predicted octanol–water partition coefficient (Wildman–Crippen LogP) is 5.00. The lowest BCUT2D eigenvalue weighted by molar-refractivity contribution is -0.122. The van der Waals surface area contributed by atoms with Crippen LogP contribution in [0.3, 0.4) is 0 Å². The number of carbonyl (C=O) groups excluding carboxylic acids is 1. The van der Waals surface area contributed by atoms with Crippen LogP contribution in [0.4, 0.5) is 5.82 Å². The van der Waals surface area contributed by atoms with Crippen molar-refractivity contribution in [1.82, 2.24) is 14.3 Å². The molecular formula is C23H30N4O2S2. The van der Waals surface area contributed by atoms with E-state index in [1.807, 2.05) is 26.0 Å². The van der Waals surface area contributed by atoms with Gasteiger partial charge in [-0.05, 0) is 38.0 Å². The summed E-state index contributed by atoms with van der Waals surface area (Å²) in [5.74, 6) is 0.359. The Morgan fingerprint density at radius 3 is 2.61 bits per heavy atom. The zero-order chi connectivity index (χ0) is 22.4. The van der Waals surface area contributed by atoms with E-state index < -0.39 is 0 Å². The Bertz CT molecular complexity index is 1060. The molecule has 1 amide bonds. The number of nitrogens with one attached hydrogen (secondary N) is 1. The van der Waals surface area contributed by atoms with Crippen LogP contribution in [0.15, 0.2) is 28.0 Å². The van der Waals surface area contributed by atoms with Crippen molar-refractivity contribution in [1.29, 1.82) is 0 Å². The molecule has 0 unspecified atom stereocenters. The highest BCUT2D eigenvalue weighted by molar-refractivity contribution is 8.26. The molecule has 3 rings (SSSR count). The summed E-state index contributed by atoms with van der Waals surface area (Å²) in [4.78, 5) is 32.9. The fourth-order valence-electron chi connectivity index (χ4n) is 3.57. The number of aryl methyl sites for hydroxylation is 1. The molecule has 0 atom stereocenters. The minimum absolute atomic E-state index is 0.125. The van der Waals surface area contributed by atoms with E-state index >= 15 is 0 Å². The van der Waals surface area contributed by atoms with E-state index in [1.165, 1.54) is 41.8 Å². The number of unbranched alkanes of at least 4 members (excludes halogenated alkanes) is 5. The van der Waals surface area contributed by atoms with E-state index in [4.69, 9.17) is 12.2 Å². The van der Waals surface area contributed by atoms with Crippen molar-refractivity contribution >= 4 is 51.7 Å². The van der Waals surface area contributed by atoms with Crippen molar-refractivity contribution in [3.8, 4) is 0 Å². The number of fused-ring (bicyclic) bond motifs is 1. The number of thiocarbonyl (C=S) groups is 1. The molecule has 31 heavy (non-hydrogen) atoms. The lowest BCUT2D eigenvalue weighted by Crippen LogP contribution is -2.29. The van der Waals surface area contributed by atoms with Gasteiger partial charge in [0.25, 0.3) is 11.5 Å². The molecule has 1 aliphatic rings. The average Bonchev–Trinajstić information content (AvgIpc) is 3.01. The normalized spacial score (nSPS) is 15.5. The molecule has 0 spiro atoms. The Morgan fingerprint density at radius 1 is 1.13 bits per heavy atom. The standard InChI is InChI=1S/C23H30N4O2S2/c1-4-6-7-8-9-10-13-26-22(29)18(31-23(26)30)14-17-20(24-5-2)25-19-12-11-16(3)15-27(19)21(17)28/h11-12,14-15,24H,4-10,13H2,1-3H3/b18-14-. The third-order valence-corrected chi connectivity index (χ3v) is 6.61. The average molecular weight is 459 g/mol. The largest absolute Gasteiger partial charge is 0.370 e. The summed E-state index contributed by atoms with van der Waals surface area (Å²) in [6.07, 6.45) is 10.3. The van der Waals surface area contributed by atoms with Gasteiger partial charge in [-0.1, -0.05) is 69.1 Å². The molecular weight excluding hydrogens is 428 g/mol. The quantitative estimate of drug-likeness (QED) is 0.307. The Balaban J connectivity index is 1.84. The lowest BCUT2D eigenvalue weighted by Gasteiger charge is -2.14. The monoisotopic (exact) mass is 458 g/mol. The molecule has 0 saturated carbocycles. The molecule has 166 valence electrons. The van der Waals surface area contributed by atoms with Crippen LogP contribution in [-0.4, -0.2) is 37.6 Å². The second-order valence-electron chi connectivity index (χ2n) is 7.75. The Hall–Kier alpha value is -2.19. The molecule has 1 saturated heterocycles. The zero-order valence-electron chi connectivity index (χ0n) is 18.4. The van der Waals surface area contributed by atoms with Crippen LogP contribution in [0.1, 0.15) is 63.5 Å². The summed E-state index contributed by atoms with van der Waals surface area (Å²) in [6.45, 7) is 7.32. The maximum absolute atomic E-state index is 13.2. The highest BCUT2D eigenvalue weighted by atomic mass is 32.2. The van der Waals surface area contributed by atoms with Gasteiger partial charge in [-0.15, -0.1) is 0 Å². The second kappa shape index (κ2) is 10.9. The SMILES string of the molecule is CCCCCCCCN1C(=O)/C(=C/c2c(NCC)nc3ccc(C)cn3c2=O)SC1=S. The van der Waals surface area contributed by atoms with Gasteiger partial charge < -0.3 is 5.32 Å². The molecule has 0 aliphatic carbocycles. The van der Waals surface area contributed by atoms with Gasteiger partial charge in [0, 0.05) is 19.3 Å². The summed E-state index contributed by atoms with van der Waals surface area (Å²) < 4.78 is 2.08. The molecule has 1 aliphatic heterocycles. The number of carbonyl (C=O) groups is 1. The Morgan fingerprint density at radius 2 is 1.87 bits per heavy atom. The Kier molecular flexibility index (Phi) is 8.26. The van der Waals surface area contributed by atoms with Gasteiger partial charge in [-0.2, -0.15) is 0 Å². The first-order valence-corrected chi connectivity index (χ1v) is 12.2. The van der Waals surface area contributed by atoms with Crippen LogP contribution < -0.4 is 10.9 Å². The molecule has 0 radical (unpaired) electrons. The van der Waals surface area contributed by atoms with Crippen LogP contribution >= 0.6 is 24.0 Å². The third kappa shape index (κ3) is 5.54. The first-order valence-electron chi connectivity index (χ1n) is 11.0. The van der Waals surface area contributed by atoms with Crippen LogP contribution in [0.5, 0.6) is 0 Å². The zero-order valence-corrected chi connectivity index (χ0v) is 20.1. The van der Waals surface area contributed by atoms with E-state index in [1.54, 1.807) is 17.2 Å². The first-order chi connectivity index (χ1) is 15.0. The maximum Gasteiger partial charge on any atom is 0.267 e. The number of rotatable bonds is 10. The summed E-state index contributed by atoms with van der Waals surface area (Å²) in [7, 11) is 0. The number of aromatic nitrogens is 2. The lowest BCUT2D eigenvalue weighted by atomic mass is 10.1. The molecule has 0 bridgehead atoms. The predicted molar refractivity (Wildman–Crippen MR) is 134 cm³/mol. The van der Waals surface area contributed by atoms with E-state index in [-0.39, 0.29) is 11.5 Å². The van der Waals surface area contributed by atoms with Gasteiger partial charge >= 0.3 is 0 Å². The molecule has 3 heterocycles. The van der Waals surface area contributed by atoms with Crippen molar-refractivity contribution in [3.63, 3.8) is 0 Å². The minimum Gasteiger partial charge on any atom is -0.370 e. The molecule has 6 nitrogen and oxygen atoms in total. The van der Waals surface area contributed by atoms with Gasteiger partial charge in [-0.25, -0.2) is 4.98 Å². The molecule has 1 fully saturated rings. The summed E-state index contributed by atoms with van der Waals surface area (Å²) in [5, 5.41) is 3.16. The highest BCUT2D eigenvalue weighted by Crippen LogP contribution is 2.33. The number of anilines is 1. The van der Waals surface area contributed by atoms with Crippen molar-refractivity contribution < 1.29 is 4.79 Å². The highest BCUT2D eigenvalue weighted by Gasteiger charge is 2.32. The number of nitrogens with zero attached hydrogens (tertiary/aromatic N) is 3. The fourth-order valence-corrected chi connectivity index (χ4v) is 4.86. The summed E-state index contributed by atoms with van der Waals surface area (Å²) in [6, 6.07) is 3.74. The number of pyridine rings is 1. The molecule has 0 aromatic carbocycles. The molecule has 2 aromatic heterocycles. The van der Waals surface area contributed by atoms with Gasteiger partial charge in [0.2, 0.25) is 0 Å². The van der Waals surface area contributed by atoms with Gasteiger partial charge in [0.05, 0.1) is 10.5 Å². The summed E-state index contributed by atoms with van der Waals surface area (Å²) in [5.41, 5.74) is 1.71. The van der Waals surface area contributed by atoms with Crippen LogP contribution in [0.25, 0.3) is 11.7 Å². The number of hydrogen-bond acceptors (Lipinski definition) is 6. The fraction of sp³-hybridized carbons (Fsp3) is 0.478. The van der Waals surface area contributed by atoms with Crippen LogP contribution in [0.2, 0.25) is 0 Å². The topological polar surface area (TPSA) is 66.7 Å². The number of thioether (sulfide) groups is 1. The maximum atomic E-state index is 13.2. The van der Waals surface area contributed by atoms with Crippen LogP contribution in [0, 0.1) is 6.92 Å². The third-order valence-electron chi connectivity index (χ3n) is 5.23.